The van der Waals surface area contributed by atoms with Crippen molar-refractivity contribution in [3.05, 3.63) is 28.3 Å². The molecule has 6 nitrogen and oxygen atoms in total. The SMILES string of the molecule is COc1ccc([N+](=O)[O-])cc1OCCN1CCC(C)(F)CC1. The van der Waals surface area contributed by atoms with Crippen molar-refractivity contribution < 1.29 is 18.8 Å². The van der Waals surface area contributed by atoms with Crippen molar-refractivity contribution in [1.29, 1.82) is 0 Å². The molecule has 0 aromatic heterocycles. The predicted octanol–water partition coefficient (Wildman–Crippen LogP) is 2.81. The molecular formula is C15H21FN2O4. The van der Waals surface area contributed by atoms with E-state index in [1.54, 1.807) is 6.92 Å². The van der Waals surface area contributed by atoms with E-state index in [9.17, 15) is 14.5 Å². The number of rotatable bonds is 6. The van der Waals surface area contributed by atoms with Gasteiger partial charge in [-0.25, -0.2) is 4.39 Å². The van der Waals surface area contributed by atoms with Crippen LogP contribution < -0.4 is 9.47 Å². The van der Waals surface area contributed by atoms with E-state index in [0.29, 0.717) is 50.6 Å². The molecule has 0 amide bonds. The lowest BCUT2D eigenvalue weighted by Crippen LogP contribution is -2.41. The molecule has 1 heterocycles. The maximum absolute atomic E-state index is 13.7. The molecule has 1 aliphatic heterocycles. The van der Waals surface area contributed by atoms with Crippen LogP contribution in [-0.4, -0.2) is 48.8 Å². The summed E-state index contributed by atoms with van der Waals surface area (Å²) in [6, 6.07) is 4.25. The molecule has 7 heteroatoms. The number of hydrogen-bond acceptors (Lipinski definition) is 5. The summed E-state index contributed by atoms with van der Waals surface area (Å²) in [5.41, 5.74) is -1.11. The maximum atomic E-state index is 13.7. The number of nitro benzene ring substituents is 1. The van der Waals surface area contributed by atoms with Crippen LogP contribution in [0.3, 0.4) is 0 Å². The van der Waals surface area contributed by atoms with Gasteiger partial charge >= 0.3 is 0 Å². The van der Waals surface area contributed by atoms with Gasteiger partial charge in [0.05, 0.1) is 18.1 Å². The largest absolute Gasteiger partial charge is 0.493 e. The number of ether oxygens (including phenoxy) is 2. The van der Waals surface area contributed by atoms with Crippen molar-refractivity contribution in [1.82, 2.24) is 4.90 Å². The van der Waals surface area contributed by atoms with E-state index in [1.165, 1.54) is 25.3 Å². The zero-order valence-electron chi connectivity index (χ0n) is 12.9. The molecule has 0 spiro atoms. The topological polar surface area (TPSA) is 64.8 Å². The van der Waals surface area contributed by atoms with Crippen LogP contribution >= 0.6 is 0 Å². The molecule has 0 bridgehead atoms. The van der Waals surface area contributed by atoms with E-state index < -0.39 is 10.6 Å². The molecule has 1 fully saturated rings. The average Bonchev–Trinajstić information content (AvgIpc) is 2.48. The van der Waals surface area contributed by atoms with Gasteiger partial charge in [0.25, 0.3) is 5.69 Å². The molecule has 1 aromatic carbocycles. The molecule has 1 aromatic rings. The number of likely N-dealkylation sites (tertiary alicyclic amines) is 1. The highest BCUT2D eigenvalue weighted by Gasteiger charge is 2.29. The Labute approximate surface area is 129 Å². The molecule has 2 rings (SSSR count). The van der Waals surface area contributed by atoms with Gasteiger partial charge in [-0.3, -0.25) is 15.0 Å². The lowest BCUT2D eigenvalue weighted by atomic mass is 9.96. The molecular weight excluding hydrogens is 291 g/mol. The van der Waals surface area contributed by atoms with Crippen LogP contribution in [0.15, 0.2) is 18.2 Å². The molecule has 0 atom stereocenters. The van der Waals surface area contributed by atoms with E-state index >= 15 is 0 Å². The first-order chi connectivity index (χ1) is 10.4. The van der Waals surface area contributed by atoms with E-state index in [0.717, 1.165) is 0 Å². The van der Waals surface area contributed by atoms with Gasteiger partial charge in [0.15, 0.2) is 11.5 Å². The lowest BCUT2D eigenvalue weighted by molar-refractivity contribution is -0.385. The highest BCUT2D eigenvalue weighted by Crippen LogP contribution is 2.31. The van der Waals surface area contributed by atoms with Crippen molar-refractivity contribution in [2.75, 3.05) is 33.4 Å². The van der Waals surface area contributed by atoms with Crippen molar-refractivity contribution >= 4 is 5.69 Å². The van der Waals surface area contributed by atoms with E-state index in [-0.39, 0.29) is 5.69 Å². The molecule has 22 heavy (non-hydrogen) atoms. The van der Waals surface area contributed by atoms with Gasteiger partial charge in [-0.1, -0.05) is 0 Å². The first-order valence-electron chi connectivity index (χ1n) is 7.28. The average molecular weight is 312 g/mol. The third kappa shape index (κ3) is 4.30. The van der Waals surface area contributed by atoms with Crippen LogP contribution in [0.25, 0.3) is 0 Å². The smallest absolute Gasteiger partial charge is 0.273 e. The summed E-state index contributed by atoms with van der Waals surface area (Å²) < 4.78 is 24.5. The first kappa shape index (κ1) is 16.5. The Morgan fingerprint density at radius 2 is 2.05 bits per heavy atom. The Morgan fingerprint density at radius 1 is 1.36 bits per heavy atom. The molecule has 0 aliphatic carbocycles. The van der Waals surface area contributed by atoms with Crippen LogP contribution in [-0.2, 0) is 0 Å². The Bertz CT molecular complexity index is 526. The van der Waals surface area contributed by atoms with Gasteiger partial charge in [-0.05, 0) is 25.8 Å². The zero-order chi connectivity index (χ0) is 16.2. The second-order valence-electron chi connectivity index (χ2n) is 5.70. The second kappa shape index (κ2) is 6.91. The van der Waals surface area contributed by atoms with Crippen LogP contribution in [0, 0.1) is 10.1 Å². The number of piperidine rings is 1. The summed E-state index contributed by atoms with van der Waals surface area (Å²) in [6.45, 7) is 4.06. The molecule has 1 saturated heterocycles. The standard InChI is InChI=1S/C15H21FN2O4/c1-15(16)5-7-17(8-6-15)9-10-22-14-11-12(18(19)20)3-4-13(14)21-2/h3-4,11H,5-10H2,1-2H3. The normalized spacial score (nSPS) is 18.0. The first-order valence-corrected chi connectivity index (χ1v) is 7.28. The van der Waals surface area contributed by atoms with Crippen molar-refractivity contribution in [2.24, 2.45) is 0 Å². The van der Waals surface area contributed by atoms with Gasteiger partial charge < -0.3 is 9.47 Å². The molecule has 0 unspecified atom stereocenters. The Kier molecular flexibility index (Phi) is 5.18. The Morgan fingerprint density at radius 3 is 2.64 bits per heavy atom. The van der Waals surface area contributed by atoms with Crippen LogP contribution in [0.5, 0.6) is 11.5 Å². The summed E-state index contributed by atoms with van der Waals surface area (Å²) in [4.78, 5) is 12.5. The monoisotopic (exact) mass is 312 g/mol. The fraction of sp³-hybridized carbons (Fsp3) is 0.600. The number of halogens is 1. The van der Waals surface area contributed by atoms with Gasteiger partial charge in [0, 0.05) is 25.7 Å². The maximum Gasteiger partial charge on any atom is 0.273 e. The number of benzene rings is 1. The van der Waals surface area contributed by atoms with Crippen molar-refractivity contribution in [2.45, 2.75) is 25.4 Å². The quantitative estimate of drug-likeness (QED) is 0.597. The molecule has 122 valence electrons. The van der Waals surface area contributed by atoms with E-state index in [4.69, 9.17) is 9.47 Å². The zero-order valence-corrected chi connectivity index (χ0v) is 12.9. The predicted molar refractivity (Wildman–Crippen MR) is 80.3 cm³/mol. The fourth-order valence-electron chi connectivity index (χ4n) is 2.42. The van der Waals surface area contributed by atoms with Crippen LogP contribution in [0.4, 0.5) is 10.1 Å². The van der Waals surface area contributed by atoms with E-state index in [2.05, 4.69) is 4.90 Å². The third-order valence-corrected chi connectivity index (χ3v) is 3.92. The number of nitrogens with zero attached hydrogens (tertiary/aromatic N) is 2. The number of alkyl halides is 1. The minimum atomic E-state index is -1.07. The minimum Gasteiger partial charge on any atom is -0.493 e. The summed E-state index contributed by atoms with van der Waals surface area (Å²) in [7, 11) is 1.49. The number of non-ortho nitro benzene ring substituents is 1. The lowest BCUT2D eigenvalue weighted by Gasteiger charge is -2.33. The number of nitro groups is 1. The van der Waals surface area contributed by atoms with Gasteiger partial charge in [-0.15, -0.1) is 0 Å². The molecule has 0 N–H and O–H groups in total. The minimum absolute atomic E-state index is 0.0398. The highest BCUT2D eigenvalue weighted by atomic mass is 19.1. The van der Waals surface area contributed by atoms with E-state index in [1.807, 2.05) is 0 Å². The number of methoxy groups -OCH3 is 1. The van der Waals surface area contributed by atoms with Crippen molar-refractivity contribution in [3.8, 4) is 11.5 Å². The van der Waals surface area contributed by atoms with Crippen LogP contribution in [0.2, 0.25) is 0 Å². The second-order valence-corrected chi connectivity index (χ2v) is 5.70. The van der Waals surface area contributed by atoms with Crippen molar-refractivity contribution in [3.63, 3.8) is 0 Å². The van der Waals surface area contributed by atoms with Crippen LogP contribution in [0.1, 0.15) is 19.8 Å². The summed E-state index contributed by atoms with van der Waals surface area (Å²) in [5, 5.41) is 10.8. The Balaban J connectivity index is 1.88. The molecule has 0 saturated carbocycles. The van der Waals surface area contributed by atoms with Gasteiger partial charge in [0.1, 0.15) is 12.3 Å². The fourth-order valence-corrected chi connectivity index (χ4v) is 2.42. The summed E-state index contributed by atoms with van der Waals surface area (Å²) in [5.74, 6) is 0.810. The molecule has 1 aliphatic rings. The van der Waals surface area contributed by atoms with Gasteiger partial charge in [-0.2, -0.15) is 0 Å². The highest BCUT2D eigenvalue weighted by molar-refractivity contribution is 5.48. The molecule has 0 radical (unpaired) electrons. The summed E-state index contributed by atoms with van der Waals surface area (Å²) in [6.07, 6.45) is 1.04. The summed E-state index contributed by atoms with van der Waals surface area (Å²) >= 11 is 0. The number of hydrogen-bond donors (Lipinski definition) is 0. The Hall–Kier alpha value is -1.89. The third-order valence-electron chi connectivity index (χ3n) is 3.92. The van der Waals surface area contributed by atoms with Gasteiger partial charge in [0.2, 0.25) is 0 Å².